The van der Waals surface area contributed by atoms with E-state index in [1.807, 2.05) is 0 Å². The molecule has 10 nitrogen and oxygen atoms in total. The number of anilines is 1. The van der Waals surface area contributed by atoms with Gasteiger partial charge < -0.3 is 15.9 Å². The first-order chi connectivity index (χ1) is 11.7. The molecule has 0 unspecified atom stereocenters. The number of nitrogens with two attached hydrogens (primary N) is 1. The van der Waals surface area contributed by atoms with Gasteiger partial charge >= 0.3 is 0 Å². The number of carbonyl (C=O) groups excluding carboxylic acids is 1. The van der Waals surface area contributed by atoms with E-state index in [2.05, 4.69) is 30.9 Å². The summed E-state index contributed by atoms with van der Waals surface area (Å²) in [5, 5.41) is 34.9. The standard InChI is InChI=1S/C11H8N6O2S.C2H7NO/c18-8-4-2-1-3-6(8)10-12-7(5-20-10)9(19)13-11-14-16-17-15-11;3-1-2-4/h1-5,18H,(H2,13,14,15,16,17,19);4H,1-3H2. The number of nitrogens with one attached hydrogen (secondary N) is 2. The molecule has 24 heavy (non-hydrogen) atoms. The molecule has 0 saturated heterocycles. The Labute approximate surface area is 140 Å². The number of aliphatic hydroxyl groups excluding tert-OH is 1. The summed E-state index contributed by atoms with van der Waals surface area (Å²) in [6.07, 6.45) is 0. The molecule has 3 rings (SSSR count). The van der Waals surface area contributed by atoms with Gasteiger partial charge in [0.05, 0.1) is 12.2 Å². The van der Waals surface area contributed by atoms with Gasteiger partial charge in [-0.25, -0.2) is 4.98 Å². The minimum absolute atomic E-state index is 0.0760. The number of thiazole rings is 1. The molecule has 0 radical (unpaired) electrons. The van der Waals surface area contributed by atoms with E-state index in [0.717, 1.165) is 0 Å². The summed E-state index contributed by atoms with van der Waals surface area (Å²) in [5.41, 5.74) is 5.58. The Bertz CT molecular complexity index is 773. The second-order valence-electron chi connectivity index (χ2n) is 4.26. The second kappa shape index (κ2) is 8.67. The van der Waals surface area contributed by atoms with Crippen LogP contribution in [0.15, 0.2) is 29.6 Å². The lowest BCUT2D eigenvalue weighted by molar-refractivity contribution is 0.102. The first kappa shape index (κ1) is 17.5. The van der Waals surface area contributed by atoms with Crippen molar-refractivity contribution in [3.05, 3.63) is 35.3 Å². The van der Waals surface area contributed by atoms with Crippen molar-refractivity contribution in [1.82, 2.24) is 25.6 Å². The van der Waals surface area contributed by atoms with Crippen LogP contribution in [0.25, 0.3) is 10.6 Å². The molecule has 6 N–H and O–H groups in total. The number of aromatic amines is 1. The van der Waals surface area contributed by atoms with Gasteiger partial charge in [0.25, 0.3) is 11.9 Å². The predicted octanol–water partition coefficient (Wildman–Crippen LogP) is 0.218. The predicted molar refractivity (Wildman–Crippen MR) is 87.5 cm³/mol. The average Bonchev–Trinajstić information content (AvgIpc) is 3.27. The van der Waals surface area contributed by atoms with Crippen LogP contribution in [0.1, 0.15) is 10.5 Å². The van der Waals surface area contributed by atoms with Crippen molar-refractivity contribution in [2.75, 3.05) is 18.5 Å². The lowest BCUT2D eigenvalue weighted by Gasteiger charge is -1.99. The van der Waals surface area contributed by atoms with Crippen molar-refractivity contribution in [3.8, 4) is 16.3 Å². The number of phenols is 1. The SMILES string of the molecule is NCCO.O=C(Nc1nn[nH]n1)c1csc(-c2ccccc2O)n1. The van der Waals surface area contributed by atoms with Crippen molar-refractivity contribution in [2.45, 2.75) is 0 Å². The second-order valence-corrected chi connectivity index (χ2v) is 5.11. The van der Waals surface area contributed by atoms with Crippen LogP contribution in [0.3, 0.4) is 0 Å². The zero-order chi connectivity index (χ0) is 17.4. The van der Waals surface area contributed by atoms with Crippen molar-refractivity contribution >= 4 is 23.2 Å². The van der Waals surface area contributed by atoms with E-state index in [1.54, 1.807) is 29.6 Å². The number of hydrogen-bond donors (Lipinski definition) is 5. The summed E-state index contributed by atoms with van der Waals surface area (Å²) >= 11 is 1.26. The van der Waals surface area contributed by atoms with E-state index in [9.17, 15) is 9.90 Å². The van der Waals surface area contributed by atoms with Gasteiger partial charge in [0.15, 0.2) is 0 Å². The molecule has 0 aliphatic carbocycles. The van der Waals surface area contributed by atoms with Gasteiger partial charge in [-0.3, -0.25) is 10.1 Å². The summed E-state index contributed by atoms with van der Waals surface area (Å²) in [4.78, 5) is 16.1. The van der Waals surface area contributed by atoms with Crippen LogP contribution >= 0.6 is 11.3 Å². The van der Waals surface area contributed by atoms with Gasteiger partial charge in [-0.15, -0.1) is 16.4 Å². The molecule has 0 saturated carbocycles. The molecule has 3 aromatic rings. The smallest absolute Gasteiger partial charge is 0.277 e. The normalized spacial score (nSPS) is 9.92. The van der Waals surface area contributed by atoms with Crippen LogP contribution in [0.4, 0.5) is 5.95 Å². The fourth-order valence-corrected chi connectivity index (χ4v) is 2.37. The highest BCUT2D eigenvalue weighted by Crippen LogP contribution is 2.31. The summed E-state index contributed by atoms with van der Waals surface area (Å²) in [5.74, 6) is -0.247. The van der Waals surface area contributed by atoms with Crippen LogP contribution < -0.4 is 11.1 Å². The number of phenolic OH excluding ortho intramolecular Hbond substituents is 1. The van der Waals surface area contributed by atoms with Gasteiger partial charge in [0.1, 0.15) is 16.5 Å². The maximum absolute atomic E-state index is 11.9. The Kier molecular flexibility index (Phi) is 6.31. The monoisotopic (exact) mass is 349 g/mol. The fourth-order valence-electron chi connectivity index (χ4n) is 1.54. The van der Waals surface area contributed by atoms with Crippen LogP contribution in [-0.4, -0.2) is 54.9 Å². The Morgan fingerprint density at radius 2 is 2.12 bits per heavy atom. The van der Waals surface area contributed by atoms with E-state index in [0.29, 0.717) is 17.1 Å². The molecule has 0 spiro atoms. The van der Waals surface area contributed by atoms with Crippen LogP contribution in [0, 0.1) is 0 Å². The number of tetrazole rings is 1. The summed E-state index contributed by atoms with van der Waals surface area (Å²) in [6, 6.07) is 6.80. The summed E-state index contributed by atoms with van der Waals surface area (Å²) in [6.45, 7) is 0.472. The largest absolute Gasteiger partial charge is 0.507 e. The molecule has 126 valence electrons. The number of benzene rings is 1. The van der Waals surface area contributed by atoms with Crippen LogP contribution in [0.2, 0.25) is 0 Å². The highest BCUT2D eigenvalue weighted by atomic mass is 32.1. The van der Waals surface area contributed by atoms with Gasteiger partial charge in [0.2, 0.25) is 0 Å². The Morgan fingerprint density at radius 3 is 2.75 bits per heavy atom. The quantitative estimate of drug-likeness (QED) is 0.446. The highest BCUT2D eigenvalue weighted by Gasteiger charge is 2.15. The fraction of sp³-hybridized carbons (Fsp3) is 0.154. The zero-order valence-corrected chi connectivity index (χ0v) is 13.2. The number of aliphatic hydroxyl groups is 1. The minimum Gasteiger partial charge on any atom is -0.507 e. The van der Waals surface area contributed by atoms with Crippen molar-refractivity contribution in [3.63, 3.8) is 0 Å². The molecule has 2 heterocycles. The maximum atomic E-state index is 11.9. The topological polar surface area (TPSA) is 163 Å². The molecule has 0 aliphatic heterocycles. The number of amides is 1. The molecule has 11 heteroatoms. The first-order valence-electron chi connectivity index (χ1n) is 6.75. The molecular weight excluding hydrogens is 334 g/mol. The van der Waals surface area contributed by atoms with E-state index in [-0.39, 0.29) is 24.0 Å². The van der Waals surface area contributed by atoms with Gasteiger partial charge in [-0.05, 0) is 17.3 Å². The molecule has 0 bridgehead atoms. The van der Waals surface area contributed by atoms with E-state index >= 15 is 0 Å². The maximum Gasteiger partial charge on any atom is 0.277 e. The number of hydrogen-bond acceptors (Lipinski definition) is 9. The summed E-state index contributed by atoms with van der Waals surface area (Å²) in [7, 11) is 0. The Balaban J connectivity index is 0.000000471. The van der Waals surface area contributed by atoms with E-state index in [1.165, 1.54) is 11.3 Å². The number of para-hydroxylation sites is 1. The third-order valence-electron chi connectivity index (χ3n) is 2.57. The third-order valence-corrected chi connectivity index (χ3v) is 3.45. The molecule has 0 aliphatic rings. The van der Waals surface area contributed by atoms with Crippen molar-refractivity contribution < 1.29 is 15.0 Å². The van der Waals surface area contributed by atoms with Gasteiger partial charge in [-0.1, -0.05) is 17.2 Å². The number of H-pyrrole nitrogens is 1. The molecule has 1 amide bonds. The Morgan fingerprint density at radius 1 is 1.38 bits per heavy atom. The van der Waals surface area contributed by atoms with Crippen molar-refractivity contribution in [2.24, 2.45) is 5.73 Å². The third kappa shape index (κ3) is 4.55. The lowest BCUT2D eigenvalue weighted by Crippen LogP contribution is -2.13. The molecular formula is C13H15N7O3S. The molecule has 0 atom stereocenters. The Hall–Kier alpha value is -2.89. The summed E-state index contributed by atoms with van der Waals surface area (Å²) < 4.78 is 0. The minimum atomic E-state index is -0.440. The van der Waals surface area contributed by atoms with E-state index in [4.69, 9.17) is 10.8 Å². The average molecular weight is 349 g/mol. The number of nitrogens with zero attached hydrogens (tertiary/aromatic N) is 4. The van der Waals surface area contributed by atoms with E-state index < -0.39 is 5.91 Å². The first-order valence-corrected chi connectivity index (χ1v) is 7.63. The van der Waals surface area contributed by atoms with Crippen LogP contribution in [0.5, 0.6) is 5.75 Å². The highest BCUT2D eigenvalue weighted by molar-refractivity contribution is 7.13. The van der Waals surface area contributed by atoms with Gasteiger partial charge in [-0.2, -0.15) is 5.21 Å². The lowest BCUT2D eigenvalue weighted by atomic mass is 10.2. The number of rotatable bonds is 4. The number of carbonyl (C=O) groups is 1. The molecule has 1 aromatic carbocycles. The number of aromatic nitrogens is 5. The zero-order valence-electron chi connectivity index (χ0n) is 12.4. The van der Waals surface area contributed by atoms with Crippen LogP contribution in [-0.2, 0) is 0 Å². The molecule has 0 fully saturated rings. The van der Waals surface area contributed by atoms with Gasteiger partial charge in [0, 0.05) is 11.9 Å². The molecule has 2 aromatic heterocycles. The van der Waals surface area contributed by atoms with Crippen molar-refractivity contribution in [1.29, 1.82) is 0 Å². The number of aromatic hydroxyl groups is 1.